The fourth-order valence-electron chi connectivity index (χ4n) is 5.41. The molecule has 0 amide bonds. The van der Waals surface area contributed by atoms with Crippen LogP contribution in [0.5, 0.6) is 5.88 Å². The smallest absolute Gasteiger partial charge is 0.487 e. The van der Waals surface area contributed by atoms with E-state index < -0.39 is 93.4 Å². The summed E-state index contributed by atoms with van der Waals surface area (Å²) in [4.78, 5) is 60.4. The number of H-pyrrole nitrogens is 1. The molecule has 0 aromatic carbocycles. The number of ether oxygens (including phenoxy) is 2. The number of imidazole rings is 2. The monoisotopic (exact) mass is 835 g/mol. The van der Waals surface area contributed by atoms with E-state index in [0.29, 0.717) is 0 Å². The van der Waals surface area contributed by atoms with Crippen molar-refractivity contribution >= 4 is 78.4 Å². The number of hydrogen-bond acceptors (Lipinski definition) is 21. The first-order valence-electron chi connectivity index (χ1n) is 14.4. The van der Waals surface area contributed by atoms with Crippen LogP contribution in [0.2, 0.25) is 0 Å². The maximum absolute atomic E-state index is 12.7. The molecule has 4 aromatic rings. The summed E-state index contributed by atoms with van der Waals surface area (Å²) in [5.41, 5.74) is 10.3. The lowest BCUT2D eigenvalue weighted by atomic mass is 10.1. The Hall–Kier alpha value is -2.75. The third kappa shape index (κ3) is 7.74. The number of rotatable bonds is 12. The van der Waals surface area contributed by atoms with Gasteiger partial charge in [0.15, 0.2) is 17.4 Å². The summed E-state index contributed by atoms with van der Waals surface area (Å²) in [6, 6.07) is 0. The third-order valence-corrected chi connectivity index (χ3v) is 16.6. The molecule has 2 saturated heterocycles. The molecule has 0 spiro atoms. The van der Waals surface area contributed by atoms with Crippen molar-refractivity contribution in [3.63, 3.8) is 0 Å². The topological polar surface area (TPSA) is 400 Å². The van der Waals surface area contributed by atoms with Crippen molar-refractivity contribution in [3.05, 3.63) is 23.0 Å². The molecular weight excluding hydrogens is 805 g/mol. The van der Waals surface area contributed by atoms with Crippen molar-refractivity contribution in [3.8, 4) is 5.88 Å². The number of anilines is 2. The number of nitrogens with zero attached hydrogens (tertiary/aromatic N) is 7. The number of phosphoric acid groups is 1. The normalized spacial score (nSPS) is 30.1. The lowest BCUT2D eigenvalue weighted by molar-refractivity contribution is -0.646. The van der Waals surface area contributed by atoms with Crippen LogP contribution < -0.4 is 21.6 Å². The predicted molar refractivity (Wildman–Crippen MR) is 176 cm³/mol. The quantitative estimate of drug-likeness (QED) is 0.0511. The molecular formula is C21H30N10O16P3S2+. The molecule has 26 nitrogen and oxygen atoms in total. The predicted octanol–water partition coefficient (Wildman–Crippen LogP) is -2.70. The van der Waals surface area contributed by atoms with Crippen molar-refractivity contribution < 1.29 is 76.6 Å². The third-order valence-electron chi connectivity index (χ3n) is 7.65. The van der Waals surface area contributed by atoms with Crippen LogP contribution in [0.25, 0.3) is 22.3 Å². The van der Waals surface area contributed by atoms with Crippen LogP contribution in [0.3, 0.4) is 0 Å². The summed E-state index contributed by atoms with van der Waals surface area (Å²) in [6.07, 6.45) is -9.88. The molecule has 6 rings (SSSR count). The molecule has 0 radical (unpaired) electrons. The molecule has 286 valence electrons. The fourth-order valence-corrected chi connectivity index (χ4v) is 13.9. The number of aromatic amines is 1. The Bertz CT molecular complexity index is 2230. The van der Waals surface area contributed by atoms with Crippen LogP contribution in [0, 0.1) is 0 Å². The Labute approximate surface area is 296 Å². The van der Waals surface area contributed by atoms with Crippen molar-refractivity contribution in [2.24, 2.45) is 7.05 Å². The summed E-state index contributed by atoms with van der Waals surface area (Å²) in [7, 11) is -4.28. The van der Waals surface area contributed by atoms with Gasteiger partial charge in [0.25, 0.3) is 22.6 Å². The zero-order chi connectivity index (χ0) is 38.1. The molecule has 0 aliphatic carbocycles. The van der Waals surface area contributed by atoms with Gasteiger partial charge in [-0.15, -0.1) is 0 Å². The SMILES string of the molecule is C[n+]1cn([C@@H]2O[C@H](CSP(=O)(O)OP(=O)(O)OP(=O)(O)SC[C@H]3O[C@@H](n4cnc5c(=O)[nH]c(N)nc54)C(O)C3O)C(O)C2O)c2nc(N)nc(O)c21. The molecule has 7 unspecified atom stereocenters. The summed E-state index contributed by atoms with van der Waals surface area (Å²) in [5, 5.41) is 52.5. The molecule has 13 N–H and O–H groups in total. The highest BCUT2D eigenvalue weighted by molar-refractivity contribution is 8.56. The van der Waals surface area contributed by atoms with Crippen molar-refractivity contribution in [1.82, 2.24) is 34.1 Å². The van der Waals surface area contributed by atoms with Gasteiger partial charge in [-0.25, -0.2) is 23.2 Å². The number of aromatic nitrogens is 8. The number of aromatic hydroxyl groups is 1. The summed E-state index contributed by atoms with van der Waals surface area (Å²) in [5.74, 6) is -2.36. The number of aliphatic hydroxyl groups excluding tert-OH is 4. The molecule has 11 atom stereocenters. The fraction of sp³-hybridized carbons (Fsp3) is 0.524. The van der Waals surface area contributed by atoms with Gasteiger partial charge in [0.2, 0.25) is 24.5 Å². The first-order valence-corrected chi connectivity index (χ1v) is 22.2. The van der Waals surface area contributed by atoms with Crippen LogP contribution in [0.4, 0.5) is 11.9 Å². The van der Waals surface area contributed by atoms with Crippen molar-refractivity contribution in [2.45, 2.75) is 49.1 Å². The standard InChI is InChI=1S/C21H29N10O16P3S2/c1-29-5-31(15-9(29)17(37)28-21(23)26-15)19-13(35)11(33)7(45-19)3-52-50(42,43)47-48(38,39)46-49(40,41)51-2-6-10(32)12(34)18(44-6)30-4-24-8-14(30)25-20(22)27-16(8)36/h4-7,10-13,18-19,32-35H,2-3H2,1H3,(H8-,22,23,25,26,27,28,36,37,38,39,40,41,42,43)/p+1/t6-,7-,10?,11?,12?,13?,18-,19-/m1/s1. The van der Waals surface area contributed by atoms with Gasteiger partial charge in [-0.05, 0) is 22.8 Å². The van der Waals surface area contributed by atoms with Gasteiger partial charge < -0.3 is 61.2 Å². The number of nitrogens with two attached hydrogens (primary N) is 2. The van der Waals surface area contributed by atoms with Gasteiger partial charge in [-0.3, -0.25) is 14.3 Å². The number of hydrogen-bond donors (Lipinski definition) is 11. The molecule has 6 heterocycles. The second-order valence-corrected chi connectivity index (χ2v) is 20.9. The van der Waals surface area contributed by atoms with Crippen LogP contribution in [-0.2, 0) is 38.8 Å². The molecule has 2 aliphatic heterocycles. The zero-order valence-electron chi connectivity index (χ0n) is 26.0. The van der Waals surface area contributed by atoms with Gasteiger partial charge in [-0.2, -0.15) is 28.1 Å². The van der Waals surface area contributed by atoms with Crippen LogP contribution in [0.1, 0.15) is 12.5 Å². The summed E-state index contributed by atoms with van der Waals surface area (Å²) >= 11 is -0.0907. The van der Waals surface area contributed by atoms with Crippen LogP contribution >= 0.6 is 44.2 Å². The molecule has 4 aromatic heterocycles. The lowest BCUT2D eigenvalue weighted by Crippen LogP contribution is -2.33. The van der Waals surface area contributed by atoms with Gasteiger partial charge in [0.1, 0.15) is 30.5 Å². The Balaban J connectivity index is 1.04. The van der Waals surface area contributed by atoms with E-state index in [-0.39, 0.29) is 57.0 Å². The largest absolute Gasteiger partial charge is 0.490 e. The second kappa shape index (κ2) is 14.2. The van der Waals surface area contributed by atoms with Crippen LogP contribution in [-0.4, -0.2) is 122 Å². The maximum Gasteiger partial charge on any atom is 0.487 e. The summed E-state index contributed by atoms with van der Waals surface area (Å²) in [6.45, 7) is -10.4. The number of aliphatic hydroxyl groups is 4. The number of fused-ring (bicyclic) bond motifs is 2. The lowest BCUT2D eigenvalue weighted by Gasteiger charge is -2.20. The Morgan fingerprint density at radius 3 is 1.98 bits per heavy atom. The van der Waals surface area contributed by atoms with Gasteiger partial charge in [-0.1, -0.05) is 0 Å². The average Bonchev–Trinajstić information content (AvgIpc) is 3.74. The molecule has 0 saturated carbocycles. The second-order valence-electron chi connectivity index (χ2n) is 11.2. The Kier molecular flexibility index (Phi) is 10.6. The summed E-state index contributed by atoms with van der Waals surface area (Å²) < 4.78 is 61.5. The van der Waals surface area contributed by atoms with E-state index in [1.54, 1.807) is 0 Å². The van der Waals surface area contributed by atoms with Gasteiger partial charge in [0, 0.05) is 11.5 Å². The molecule has 0 bridgehead atoms. The maximum atomic E-state index is 12.7. The van der Waals surface area contributed by atoms with E-state index in [0.717, 1.165) is 10.9 Å². The minimum atomic E-state index is -5.79. The molecule has 52 heavy (non-hydrogen) atoms. The first-order chi connectivity index (χ1) is 24.2. The highest BCUT2D eigenvalue weighted by Gasteiger charge is 2.50. The van der Waals surface area contributed by atoms with Gasteiger partial charge in [0.05, 0.1) is 19.5 Å². The van der Waals surface area contributed by atoms with E-state index in [2.05, 4.69) is 33.5 Å². The van der Waals surface area contributed by atoms with Gasteiger partial charge >= 0.3 is 21.4 Å². The first kappa shape index (κ1) is 39.0. The zero-order valence-corrected chi connectivity index (χ0v) is 30.3. The van der Waals surface area contributed by atoms with Crippen molar-refractivity contribution in [2.75, 3.05) is 23.0 Å². The van der Waals surface area contributed by atoms with E-state index in [1.165, 1.54) is 22.5 Å². The highest BCUT2D eigenvalue weighted by Crippen LogP contribution is 2.74. The minimum Gasteiger partial charge on any atom is -0.490 e. The molecule has 2 fully saturated rings. The van der Waals surface area contributed by atoms with E-state index in [4.69, 9.17) is 20.9 Å². The Morgan fingerprint density at radius 2 is 1.42 bits per heavy atom. The van der Waals surface area contributed by atoms with E-state index in [1.807, 2.05) is 0 Å². The van der Waals surface area contributed by atoms with E-state index >= 15 is 0 Å². The van der Waals surface area contributed by atoms with Crippen molar-refractivity contribution in [1.29, 1.82) is 0 Å². The average molecular weight is 836 g/mol. The minimum absolute atomic E-state index is 0.00964. The highest BCUT2D eigenvalue weighted by atomic mass is 32.7. The number of nitrogen functional groups attached to an aromatic ring is 2. The molecule has 31 heteroatoms. The number of aryl methyl sites for hydroxylation is 1. The van der Waals surface area contributed by atoms with E-state index in [9.17, 15) is 58.7 Å². The van der Waals surface area contributed by atoms with Crippen LogP contribution in [0.15, 0.2) is 17.4 Å². The Morgan fingerprint density at radius 1 is 0.885 bits per heavy atom. The molecule has 2 aliphatic rings. The number of nitrogens with one attached hydrogen (secondary N) is 1.